The molecule has 1 saturated heterocycles. The number of benzene rings is 2. The third-order valence-corrected chi connectivity index (χ3v) is 5.19. The normalized spacial score (nSPS) is 17.7. The van der Waals surface area contributed by atoms with E-state index in [1.165, 1.54) is 4.90 Å². The van der Waals surface area contributed by atoms with Gasteiger partial charge in [0, 0.05) is 24.0 Å². The van der Waals surface area contributed by atoms with Crippen molar-refractivity contribution < 1.29 is 18.0 Å². The van der Waals surface area contributed by atoms with Gasteiger partial charge in [-0.1, -0.05) is 48.5 Å². The Morgan fingerprint density at radius 1 is 1.04 bits per heavy atom. The lowest BCUT2D eigenvalue weighted by Gasteiger charge is -2.34. The van der Waals surface area contributed by atoms with Crippen molar-refractivity contribution in [2.75, 3.05) is 13.1 Å². The van der Waals surface area contributed by atoms with Crippen LogP contribution in [0.1, 0.15) is 23.2 Å². The topological polar surface area (TPSA) is 33.2 Å². The molecule has 144 valence electrons. The van der Waals surface area contributed by atoms with E-state index < -0.39 is 12.1 Å². The van der Waals surface area contributed by atoms with Gasteiger partial charge >= 0.3 is 6.18 Å². The number of amides is 1. The second kappa shape index (κ2) is 7.26. The van der Waals surface area contributed by atoms with E-state index in [9.17, 15) is 18.0 Å². The summed E-state index contributed by atoms with van der Waals surface area (Å²) in [6, 6.07) is 18.4. The molecule has 1 aliphatic rings. The maximum absolute atomic E-state index is 13.2. The van der Waals surface area contributed by atoms with Crippen LogP contribution < -0.4 is 0 Å². The van der Waals surface area contributed by atoms with Crippen molar-refractivity contribution in [3.05, 3.63) is 66.2 Å². The molecule has 4 rings (SSSR count). The fourth-order valence-electron chi connectivity index (χ4n) is 3.71. The summed E-state index contributed by atoms with van der Waals surface area (Å²) in [6.07, 6.45) is -3.86. The Morgan fingerprint density at radius 2 is 1.75 bits per heavy atom. The van der Waals surface area contributed by atoms with Crippen LogP contribution in [0, 0.1) is 5.92 Å². The van der Waals surface area contributed by atoms with E-state index in [1.807, 2.05) is 42.5 Å². The Morgan fingerprint density at radius 3 is 2.50 bits per heavy atom. The number of pyridine rings is 1. The van der Waals surface area contributed by atoms with Crippen molar-refractivity contribution in [1.29, 1.82) is 0 Å². The van der Waals surface area contributed by atoms with Crippen molar-refractivity contribution in [3.8, 4) is 11.3 Å². The predicted octanol–water partition coefficient (Wildman–Crippen LogP) is 5.32. The van der Waals surface area contributed by atoms with E-state index in [1.54, 1.807) is 18.2 Å². The number of likely N-dealkylation sites (tertiary alicyclic amines) is 1. The Balaban J connectivity index is 1.76. The molecule has 3 nitrogen and oxygen atoms in total. The maximum Gasteiger partial charge on any atom is 0.393 e. The highest BCUT2D eigenvalue weighted by Gasteiger charge is 2.42. The number of nitrogens with zero attached hydrogens (tertiary/aromatic N) is 2. The molecule has 1 atom stereocenters. The van der Waals surface area contributed by atoms with Crippen molar-refractivity contribution in [3.63, 3.8) is 0 Å². The molecule has 2 heterocycles. The first-order valence-corrected chi connectivity index (χ1v) is 9.24. The summed E-state index contributed by atoms with van der Waals surface area (Å²) in [4.78, 5) is 19.2. The highest BCUT2D eigenvalue weighted by atomic mass is 19.4. The summed E-state index contributed by atoms with van der Waals surface area (Å²) in [6.45, 7) is 0.0440. The zero-order valence-electron chi connectivity index (χ0n) is 15.1. The van der Waals surface area contributed by atoms with E-state index in [4.69, 9.17) is 0 Å². The number of aromatic nitrogens is 1. The van der Waals surface area contributed by atoms with Gasteiger partial charge < -0.3 is 4.90 Å². The highest BCUT2D eigenvalue weighted by molar-refractivity contribution is 6.07. The first kappa shape index (κ1) is 18.5. The molecular formula is C22H19F3N2O. The first-order chi connectivity index (χ1) is 13.4. The van der Waals surface area contributed by atoms with Gasteiger partial charge in [-0.25, -0.2) is 4.98 Å². The second-order valence-corrected chi connectivity index (χ2v) is 7.07. The molecule has 0 spiro atoms. The number of halogens is 3. The van der Waals surface area contributed by atoms with Gasteiger partial charge in [-0.15, -0.1) is 0 Å². The Bertz CT molecular complexity index is 1000. The molecule has 1 unspecified atom stereocenters. The molecule has 0 radical (unpaired) electrons. The van der Waals surface area contributed by atoms with Crippen LogP contribution in [0.25, 0.3) is 22.2 Å². The molecule has 2 aromatic carbocycles. The van der Waals surface area contributed by atoms with E-state index in [0.717, 1.165) is 5.56 Å². The summed E-state index contributed by atoms with van der Waals surface area (Å²) in [5, 5.41) is 0.654. The van der Waals surface area contributed by atoms with Gasteiger partial charge in [-0.3, -0.25) is 4.79 Å². The average molecular weight is 384 g/mol. The van der Waals surface area contributed by atoms with Crippen LogP contribution in [-0.4, -0.2) is 35.1 Å². The molecule has 0 aliphatic carbocycles. The number of para-hydroxylation sites is 1. The predicted molar refractivity (Wildman–Crippen MR) is 102 cm³/mol. The van der Waals surface area contributed by atoms with Gasteiger partial charge in [-0.2, -0.15) is 13.2 Å². The molecule has 1 aliphatic heterocycles. The Kier molecular flexibility index (Phi) is 4.79. The highest BCUT2D eigenvalue weighted by Crippen LogP contribution is 2.34. The molecule has 1 fully saturated rings. The second-order valence-electron chi connectivity index (χ2n) is 7.07. The van der Waals surface area contributed by atoms with Crippen LogP contribution in [0.15, 0.2) is 60.7 Å². The lowest BCUT2D eigenvalue weighted by Crippen LogP contribution is -2.44. The Hall–Kier alpha value is -2.89. The summed E-state index contributed by atoms with van der Waals surface area (Å²) < 4.78 is 39.5. The third-order valence-electron chi connectivity index (χ3n) is 5.19. The van der Waals surface area contributed by atoms with Gasteiger partial charge in [0.25, 0.3) is 5.91 Å². The zero-order valence-corrected chi connectivity index (χ0v) is 15.1. The molecule has 0 N–H and O–H groups in total. The quantitative estimate of drug-likeness (QED) is 0.599. The fourth-order valence-corrected chi connectivity index (χ4v) is 3.71. The van der Waals surface area contributed by atoms with Crippen LogP contribution >= 0.6 is 0 Å². The smallest absolute Gasteiger partial charge is 0.338 e. The van der Waals surface area contributed by atoms with Crippen LogP contribution in [0.2, 0.25) is 0 Å². The number of rotatable bonds is 2. The average Bonchev–Trinajstić information content (AvgIpc) is 2.72. The molecule has 1 aromatic heterocycles. The summed E-state index contributed by atoms with van der Waals surface area (Å²) in [7, 11) is 0. The SMILES string of the molecule is O=C(c1cc(-c2ccccc2)nc2ccccc12)N1CCCC(C(F)(F)F)C1. The number of hydrogen-bond donors (Lipinski definition) is 0. The first-order valence-electron chi connectivity index (χ1n) is 9.24. The van der Waals surface area contributed by atoms with E-state index in [2.05, 4.69) is 4.98 Å². The van der Waals surface area contributed by atoms with Crippen LogP contribution in [0.3, 0.4) is 0 Å². The van der Waals surface area contributed by atoms with Gasteiger partial charge in [0.15, 0.2) is 0 Å². The minimum Gasteiger partial charge on any atom is -0.338 e. The van der Waals surface area contributed by atoms with Crippen molar-refractivity contribution in [2.45, 2.75) is 19.0 Å². The molecule has 0 saturated carbocycles. The van der Waals surface area contributed by atoms with E-state index >= 15 is 0 Å². The van der Waals surface area contributed by atoms with Crippen molar-refractivity contribution in [2.24, 2.45) is 5.92 Å². The minimum atomic E-state index is -4.28. The number of fused-ring (bicyclic) bond motifs is 1. The summed E-state index contributed by atoms with van der Waals surface area (Å²) >= 11 is 0. The molecule has 1 amide bonds. The molecular weight excluding hydrogens is 365 g/mol. The van der Waals surface area contributed by atoms with Gasteiger partial charge in [0.05, 0.1) is 22.7 Å². The number of carbonyl (C=O) groups is 1. The van der Waals surface area contributed by atoms with Crippen LogP contribution in [0.4, 0.5) is 13.2 Å². The summed E-state index contributed by atoms with van der Waals surface area (Å²) in [5.41, 5.74) is 2.53. The number of piperidine rings is 1. The van der Waals surface area contributed by atoms with Gasteiger partial charge in [0.1, 0.15) is 0 Å². The van der Waals surface area contributed by atoms with Crippen molar-refractivity contribution >= 4 is 16.8 Å². The van der Waals surface area contributed by atoms with Gasteiger partial charge in [0.2, 0.25) is 0 Å². The minimum absolute atomic E-state index is 0.0691. The monoisotopic (exact) mass is 384 g/mol. The lowest BCUT2D eigenvalue weighted by molar-refractivity contribution is -0.184. The van der Waals surface area contributed by atoms with E-state index in [0.29, 0.717) is 35.1 Å². The van der Waals surface area contributed by atoms with E-state index in [-0.39, 0.29) is 18.9 Å². The third kappa shape index (κ3) is 3.59. The van der Waals surface area contributed by atoms with Crippen molar-refractivity contribution in [1.82, 2.24) is 9.88 Å². The largest absolute Gasteiger partial charge is 0.393 e. The van der Waals surface area contributed by atoms with Crippen LogP contribution in [-0.2, 0) is 0 Å². The lowest BCUT2D eigenvalue weighted by atomic mass is 9.96. The number of hydrogen-bond acceptors (Lipinski definition) is 2. The molecule has 0 bridgehead atoms. The maximum atomic E-state index is 13.2. The Labute approximate surface area is 160 Å². The molecule has 6 heteroatoms. The number of carbonyl (C=O) groups excluding carboxylic acids is 1. The van der Waals surface area contributed by atoms with Crippen LogP contribution in [0.5, 0.6) is 0 Å². The summed E-state index contributed by atoms with van der Waals surface area (Å²) in [5.74, 6) is -1.84. The fraction of sp³-hybridized carbons (Fsp3) is 0.273. The molecule has 28 heavy (non-hydrogen) atoms. The van der Waals surface area contributed by atoms with Gasteiger partial charge in [-0.05, 0) is 25.0 Å². The molecule has 3 aromatic rings. The number of alkyl halides is 3. The standard InChI is InChI=1S/C22H19F3N2O/c23-22(24,25)16-9-6-12-27(14-16)21(28)18-13-20(15-7-2-1-3-8-15)26-19-11-5-4-10-17(18)19/h1-5,7-8,10-11,13,16H,6,9,12,14H2. The zero-order chi connectivity index (χ0) is 19.7.